The second kappa shape index (κ2) is 8.79. The summed E-state index contributed by atoms with van der Waals surface area (Å²) >= 11 is 22.8. The Morgan fingerprint density at radius 3 is 2.76 bits per heavy atom. The molecule has 0 aliphatic rings. The predicted molar refractivity (Wildman–Crippen MR) is 125 cm³/mol. The molecule has 0 bridgehead atoms. The number of fused-ring (bicyclic) bond motifs is 1. The molecule has 4 aromatic rings. The highest BCUT2D eigenvalue weighted by Gasteiger charge is 2.21. The molecule has 1 N–H and O–H groups in total. The highest BCUT2D eigenvalue weighted by molar-refractivity contribution is 8.00. The summed E-state index contributed by atoms with van der Waals surface area (Å²) in [5, 5.41) is 13.2. The van der Waals surface area contributed by atoms with Gasteiger partial charge in [0.05, 0.1) is 10.0 Å². The van der Waals surface area contributed by atoms with Gasteiger partial charge in [0.1, 0.15) is 4.88 Å². The number of anilines is 1. The van der Waals surface area contributed by atoms with Crippen LogP contribution in [0.2, 0.25) is 15.1 Å². The van der Waals surface area contributed by atoms with Gasteiger partial charge in [0.2, 0.25) is 5.13 Å². The van der Waals surface area contributed by atoms with Crippen LogP contribution in [0.25, 0.3) is 10.1 Å². The lowest BCUT2D eigenvalue weighted by molar-refractivity contribution is 0.103. The number of halogens is 3. The summed E-state index contributed by atoms with van der Waals surface area (Å²) in [6.07, 6.45) is 0. The molecule has 0 unspecified atom stereocenters. The maximum absolute atomic E-state index is 12.7. The van der Waals surface area contributed by atoms with Crippen LogP contribution in [0, 0.1) is 6.92 Å². The maximum atomic E-state index is 12.7. The molecule has 0 saturated heterocycles. The van der Waals surface area contributed by atoms with Crippen molar-refractivity contribution in [1.82, 2.24) is 10.2 Å². The van der Waals surface area contributed by atoms with E-state index in [1.54, 1.807) is 23.9 Å². The second-order valence-corrected chi connectivity index (χ2v) is 10.6. The Labute approximate surface area is 194 Å². The van der Waals surface area contributed by atoms with Gasteiger partial charge in [0.15, 0.2) is 4.34 Å². The first-order valence-corrected chi connectivity index (χ1v) is 12.1. The molecule has 2 aromatic heterocycles. The first kappa shape index (κ1) is 20.9. The maximum Gasteiger partial charge on any atom is 0.269 e. The molecule has 0 aliphatic carbocycles. The van der Waals surface area contributed by atoms with Crippen LogP contribution in [0.15, 0.2) is 40.7 Å². The third kappa shape index (κ3) is 4.71. The van der Waals surface area contributed by atoms with E-state index in [1.165, 1.54) is 33.8 Å². The van der Waals surface area contributed by atoms with Gasteiger partial charge in [-0.25, -0.2) is 0 Å². The van der Waals surface area contributed by atoms with E-state index in [1.807, 2.05) is 6.07 Å². The van der Waals surface area contributed by atoms with Crippen LogP contribution in [-0.4, -0.2) is 16.1 Å². The molecule has 0 spiro atoms. The summed E-state index contributed by atoms with van der Waals surface area (Å²) in [7, 11) is 0. The molecule has 0 radical (unpaired) electrons. The van der Waals surface area contributed by atoms with Crippen LogP contribution in [0.1, 0.15) is 20.8 Å². The summed E-state index contributed by atoms with van der Waals surface area (Å²) in [5.41, 5.74) is 2.43. The number of amides is 1. The van der Waals surface area contributed by atoms with E-state index in [2.05, 4.69) is 40.6 Å². The number of thioether (sulfide) groups is 1. The zero-order valence-electron chi connectivity index (χ0n) is 14.8. The van der Waals surface area contributed by atoms with Gasteiger partial charge in [-0.1, -0.05) is 87.7 Å². The van der Waals surface area contributed by atoms with Crippen LogP contribution in [0.4, 0.5) is 5.13 Å². The fraction of sp³-hybridized carbons (Fsp3) is 0.105. The zero-order chi connectivity index (χ0) is 20.5. The smallest absolute Gasteiger partial charge is 0.269 e. The minimum absolute atomic E-state index is 0.308. The van der Waals surface area contributed by atoms with E-state index < -0.39 is 0 Å². The average Bonchev–Trinajstić information content (AvgIpc) is 3.24. The minimum Gasteiger partial charge on any atom is -0.296 e. The number of carbonyl (C=O) groups excluding carboxylic acids is 1. The van der Waals surface area contributed by atoms with Gasteiger partial charge in [-0.3, -0.25) is 10.1 Å². The molecule has 0 atom stereocenters. The van der Waals surface area contributed by atoms with Crippen LogP contribution in [0.3, 0.4) is 0 Å². The van der Waals surface area contributed by atoms with Gasteiger partial charge in [-0.15, -0.1) is 21.5 Å². The molecule has 2 heterocycles. The number of aryl methyl sites for hydroxylation is 1. The van der Waals surface area contributed by atoms with Crippen LogP contribution in [-0.2, 0) is 5.75 Å². The fourth-order valence-electron chi connectivity index (χ4n) is 2.68. The Bertz CT molecular complexity index is 1220. The highest BCUT2D eigenvalue weighted by Crippen LogP contribution is 2.41. The van der Waals surface area contributed by atoms with Crippen molar-refractivity contribution in [3.8, 4) is 0 Å². The summed E-state index contributed by atoms with van der Waals surface area (Å²) in [6.45, 7) is 2.06. The SMILES string of the molecule is Cc1cccc(CSc2nnc(NC(=O)c3sc4cc(Cl)cc(Cl)c4c3Cl)s2)c1. The lowest BCUT2D eigenvalue weighted by Crippen LogP contribution is -2.10. The third-order valence-corrected chi connectivity index (χ3v) is 8.11. The van der Waals surface area contributed by atoms with Gasteiger partial charge in [0.25, 0.3) is 5.91 Å². The third-order valence-electron chi connectivity index (χ3n) is 3.93. The van der Waals surface area contributed by atoms with Crippen LogP contribution >= 0.6 is 69.2 Å². The molecule has 2 aromatic carbocycles. The number of aromatic nitrogens is 2. The molecule has 10 heteroatoms. The Balaban J connectivity index is 1.47. The van der Waals surface area contributed by atoms with Crippen molar-refractivity contribution in [2.75, 3.05) is 5.32 Å². The van der Waals surface area contributed by atoms with Crippen molar-refractivity contribution in [1.29, 1.82) is 0 Å². The number of nitrogens with one attached hydrogen (secondary N) is 1. The number of hydrogen-bond acceptors (Lipinski definition) is 6. The van der Waals surface area contributed by atoms with E-state index >= 15 is 0 Å². The summed E-state index contributed by atoms with van der Waals surface area (Å²) < 4.78 is 1.53. The van der Waals surface area contributed by atoms with Crippen molar-refractivity contribution in [2.45, 2.75) is 17.0 Å². The summed E-state index contributed by atoms with van der Waals surface area (Å²) in [4.78, 5) is 13.1. The zero-order valence-corrected chi connectivity index (χ0v) is 19.5. The second-order valence-electron chi connectivity index (χ2n) is 6.11. The number of rotatable bonds is 5. The normalized spacial score (nSPS) is 11.2. The van der Waals surface area contributed by atoms with E-state index in [4.69, 9.17) is 34.8 Å². The van der Waals surface area contributed by atoms with Gasteiger partial charge in [0, 0.05) is 20.9 Å². The number of benzene rings is 2. The molecule has 4 nitrogen and oxygen atoms in total. The van der Waals surface area contributed by atoms with E-state index in [0.717, 1.165) is 14.8 Å². The number of carbonyl (C=O) groups is 1. The van der Waals surface area contributed by atoms with Crippen molar-refractivity contribution < 1.29 is 4.79 Å². The van der Waals surface area contributed by atoms with Crippen molar-refractivity contribution >= 4 is 90.4 Å². The van der Waals surface area contributed by atoms with Gasteiger partial charge in [-0.05, 0) is 24.6 Å². The van der Waals surface area contributed by atoms with E-state index in [0.29, 0.717) is 30.5 Å². The van der Waals surface area contributed by atoms with Crippen molar-refractivity contribution in [3.63, 3.8) is 0 Å². The van der Waals surface area contributed by atoms with Crippen LogP contribution in [0.5, 0.6) is 0 Å². The Morgan fingerprint density at radius 2 is 1.97 bits per heavy atom. The molecule has 0 saturated carbocycles. The predicted octanol–water partition coefficient (Wildman–Crippen LogP) is 7.57. The first-order valence-electron chi connectivity index (χ1n) is 8.31. The van der Waals surface area contributed by atoms with Gasteiger partial charge < -0.3 is 0 Å². The Kier molecular flexibility index (Phi) is 6.34. The average molecular weight is 501 g/mol. The molecule has 0 aliphatic heterocycles. The quantitative estimate of drug-likeness (QED) is 0.227. The van der Waals surface area contributed by atoms with Crippen LogP contribution < -0.4 is 5.32 Å². The van der Waals surface area contributed by atoms with E-state index in [9.17, 15) is 4.79 Å². The molecule has 4 rings (SSSR count). The summed E-state index contributed by atoms with van der Waals surface area (Å²) in [5.74, 6) is 0.431. The number of nitrogens with zero attached hydrogens (tertiary/aromatic N) is 2. The number of hydrogen-bond donors (Lipinski definition) is 1. The monoisotopic (exact) mass is 499 g/mol. The lowest BCUT2D eigenvalue weighted by atomic mass is 10.2. The molecule has 1 amide bonds. The summed E-state index contributed by atoms with van der Waals surface area (Å²) in [6, 6.07) is 11.6. The Hall–Kier alpha value is -1.35. The molecule has 148 valence electrons. The molecule has 0 fully saturated rings. The Morgan fingerprint density at radius 1 is 1.14 bits per heavy atom. The van der Waals surface area contributed by atoms with Gasteiger partial charge >= 0.3 is 0 Å². The van der Waals surface area contributed by atoms with E-state index in [-0.39, 0.29) is 5.91 Å². The van der Waals surface area contributed by atoms with Crippen molar-refractivity contribution in [3.05, 3.63) is 67.5 Å². The fourth-order valence-corrected chi connectivity index (χ4v) is 6.64. The first-order chi connectivity index (χ1) is 13.9. The van der Waals surface area contributed by atoms with Crippen molar-refractivity contribution in [2.24, 2.45) is 0 Å². The lowest BCUT2D eigenvalue weighted by Gasteiger charge is -2.00. The molecular weight excluding hydrogens is 489 g/mol. The topological polar surface area (TPSA) is 54.9 Å². The standard InChI is InChI=1S/C19H12Cl3N3OS3/c1-9-3-2-4-10(5-9)8-27-19-25-24-18(29-19)23-17(26)16-15(22)14-12(21)6-11(20)7-13(14)28-16/h2-7H,8H2,1H3,(H,23,24,26). The number of thiophene rings is 1. The van der Waals surface area contributed by atoms with Gasteiger partial charge in [-0.2, -0.15) is 0 Å². The molecule has 29 heavy (non-hydrogen) atoms. The minimum atomic E-state index is -0.352. The highest BCUT2D eigenvalue weighted by atomic mass is 35.5. The molecular formula is C19H12Cl3N3OS3. The largest absolute Gasteiger partial charge is 0.296 e.